The molecular formula is C15H17F3N4OS. The molecule has 1 unspecified atom stereocenters. The summed E-state index contributed by atoms with van der Waals surface area (Å²) in [5.74, 6) is -0.0199. The number of thioether (sulfide) groups is 1. The van der Waals surface area contributed by atoms with Crippen molar-refractivity contribution >= 4 is 17.7 Å². The number of nitrogens with zero attached hydrogens (tertiary/aromatic N) is 3. The molecule has 24 heavy (non-hydrogen) atoms. The lowest BCUT2D eigenvalue weighted by atomic mass is 10.2. The topological polar surface area (TPSA) is 59.8 Å². The number of aromatic nitrogens is 3. The highest BCUT2D eigenvalue weighted by molar-refractivity contribution is 8.00. The largest absolute Gasteiger partial charge is 0.405 e. The zero-order chi connectivity index (χ0) is 17.7. The Kier molecular flexibility index (Phi) is 5.87. The van der Waals surface area contributed by atoms with Crippen LogP contribution < -0.4 is 5.32 Å². The Hall–Kier alpha value is -2.03. The van der Waals surface area contributed by atoms with Crippen LogP contribution in [-0.4, -0.2) is 38.6 Å². The summed E-state index contributed by atoms with van der Waals surface area (Å²) >= 11 is 1.08. The molecule has 0 aliphatic rings. The summed E-state index contributed by atoms with van der Waals surface area (Å²) in [6.45, 7) is 2.51. The number of hydrogen-bond acceptors (Lipinski definition) is 4. The van der Waals surface area contributed by atoms with E-state index in [-0.39, 0.29) is 0 Å². The molecule has 2 rings (SSSR count). The first kappa shape index (κ1) is 18.3. The van der Waals surface area contributed by atoms with E-state index in [1.165, 1.54) is 6.92 Å². The number of alkyl halides is 3. The highest BCUT2D eigenvalue weighted by atomic mass is 32.2. The van der Waals surface area contributed by atoms with Crippen LogP contribution in [0.2, 0.25) is 0 Å². The smallest absolute Gasteiger partial charge is 0.346 e. The van der Waals surface area contributed by atoms with E-state index in [0.29, 0.717) is 17.5 Å². The van der Waals surface area contributed by atoms with Gasteiger partial charge in [0, 0.05) is 0 Å². The minimum Gasteiger partial charge on any atom is -0.346 e. The van der Waals surface area contributed by atoms with Gasteiger partial charge in [0.1, 0.15) is 12.4 Å². The van der Waals surface area contributed by atoms with Crippen LogP contribution in [0.25, 0.3) is 0 Å². The summed E-state index contributed by atoms with van der Waals surface area (Å²) < 4.78 is 38.3. The van der Waals surface area contributed by atoms with E-state index in [2.05, 4.69) is 10.2 Å². The number of nitrogens with one attached hydrogen (secondary N) is 1. The molecule has 0 aliphatic carbocycles. The van der Waals surface area contributed by atoms with Gasteiger partial charge in [0.05, 0.1) is 11.8 Å². The van der Waals surface area contributed by atoms with E-state index in [4.69, 9.17) is 0 Å². The number of benzene rings is 1. The molecule has 0 saturated carbocycles. The number of amides is 1. The monoisotopic (exact) mass is 358 g/mol. The van der Waals surface area contributed by atoms with Crippen LogP contribution in [0.4, 0.5) is 13.2 Å². The molecule has 9 heteroatoms. The van der Waals surface area contributed by atoms with Crippen molar-refractivity contribution in [3.05, 3.63) is 41.7 Å². The number of halogens is 3. The standard InChI is InChI=1S/C15H17F3N4OS/c1-10(13(23)19-9-15(16,17)18)24-14-21-20-11(2)22(14)8-12-6-4-3-5-7-12/h3-7,10H,8-9H2,1-2H3,(H,19,23). The van der Waals surface area contributed by atoms with Crippen molar-refractivity contribution in [3.63, 3.8) is 0 Å². The molecule has 1 aromatic carbocycles. The molecule has 2 aromatic rings. The van der Waals surface area contributed by atoms with Gasteiger partial charge in [-0.3, -0.25) is 4.79 Å². The van der Waals surface area contributed by atoms with E-state index in [9.17, 15) is 18.0 Å². The minimum atomic E-state index is -4.43. The fourth-order valence-corrected chi connectivity index (χ4v) is 2.86. The summed E-state index contributed by atoms with van der Waals surface area (Å²) in [6, 6.07) is 9.63. The molecule has 5 nitrogen and oxygen atoms in total. The van der Waals surface area contributed by atoms with Crippen LogP contribution in [0.15, 0.2) is 35.5 Å². The second-order valence-electron chi connectivity index (χ2n) is 5.19. The molecular weight excluding hydrogens is 341 g/mol. The molecule has 1 N–H and O–H groups in total. The molecule has 0 fully saturated rings. The Bertz CT molecular complexity index is 688. The molecule has 0 aliphatic heterocycles. The fourth-order valence-electron chi connectivity index (χ4n) is 1.94. The van der Waals surface area contributed by atoms with Crippen molar-refractivity contribution in [1.82, 2.24) is 20.1 Å². The van der Waals surface area contributed by atoms with Gasteiger partial charge < -0.3 is 9.88 Å². The summed E-state index contributed by atoms with van der Waals surface area (Å²) in [6.07, 6.45) is -4.43. The third kappa shape index (κ3) is 5.26. The van der Waals surface area contributed by atoms with E-state index in [0.717, 1.165) is 17.3 Å². The van der Waals surface area contributed by atoms with Gasteiger partial charge in [-0.15, -0.1) is 10.2 Å². The quantitative estimate of drug-likeness (QED) is 0.807. The third-order valence-electron chi connectivity index (χ3n) is 3.20. The molecule has 1 heterocycles. The maximum Gasteiger partial charge on any atom is 0.405 e. The molecule has 0 bridgehead atoms. The molecule has 130 valence electrons. The van der Waals surface area contributed by atoms with Crippen LogP contribution in [0.3, 0.4) is 0 Å². The van der Waals surface area contributed by atoms with Gasteiger partial charge in [-0.1, -0.05) is 42.1 Å². The Morgan fingerprint density at radius 2 is 1.96 bits per heavy atom. The zero-order valence-electron chi connectivity index (χ0n) is 13.2. The lowest BCUT2D eigenvalue weighted by molar-refractivity contribution is -0.137. The van der Waals surface area contributed by atoms with E-state index >= 15 is 0 Å². The summed E-state index contributed by atoms with van der Waals surface area (Å²) in [4.78, 5) is 11.8. The number of aryl methyl sites for hydroxylation is 1. The van der Waals surface area contributed by atoms with Crippen LogP contribution >= 0.6 is 11.8 Å². The second kappa shape index (κ2) is 7.69. The summed E-state index contributed by atoms with van der Waals surface area (Å²) in [5, 5.41) is 9.66. The Balaban J connectivity index is 2.03. The van der Waals surface area contributed by atoms with Gasteiger partial charge in [-0.05, 0) is 19.4 Å². The zero-order valence-corrected chi connectivity index (χ0v) is 14.0. The Morgan fingerprint density at radius 3 is 2.58 bits per heavy atom. The van der Waals surface area contributed by atoms with Crippen molar-refractivity contribution in [3.8, 4) is 0 Å². The van der Waals surface area contributed by atoms with Crippen molar-refractivity contribution < 1.29 is 18.0 Å². The van der Waals surface area contributed by atoms with Crippen LogP contribution in [0, 0.1) is 6.92 Å². The van der Waals surface area contributed by atoms with Gasteiger partial charge in [0.25, 0.3) is 0 Å². The number of rotatable bonds is 6. The third-order valence-corrected chi connectivity index (χ3v) is 4.28. The molecule has 0 radical (unpaired) electrons. The van der Waals surface area contributed by atoms with Gasteiger partial charge in [-0.2, -0.15) is 13.2 Å². The number of hydrogen-bond donors (Lipinski definition) is 1. The molecule has 0 spiro atoms. The lowest BCUT2D eigenvalue weighted by Crippen LogP contribution is -2.38. The average molecular weight is 358 g/mol. The van der Waals surface area contributed by atoms with Crippen molar-refractivity contribution in [2.24, 2.45) is 0 Å². The normalized spacial score (nSPS) is 12.9. The molecule has 1 amide bonds. The van der Waals surface area contributed by atoms with Gasteiger partial charge in [-0.25, -0.2) is 0 Å². The first-order chi connectivity index (χ1) is 11.3. The van der Waals surface area contributed by atoms with Crippen molar-refractivity contribution in [2.45, 2.75) is 37.0 Å². The highest BCUT2D eigenvalue weighted by Crippen LogP contribution is 2.23. The van der Waals surface area contributed by atoms with E-state index in [1.54, 1.807) is 6.92 Å². The summed E-state index contributed by atoms with van der Waals surface area (Å²) in [7, 11) is 0. The van der Waals surface area contributed by atoms with Crippen LogP contribution in [0.1, 0.15) is 18.3 Å². The van der Waals surface area contributed by atoms with Gasteiger partial charge >= 0.3 is 6.18 Å². The Labute approximate surface area is 141 Å². The Morgan fingerprint density at radius 1 is 1.29 bits per heavy atom. The van der Waals surface area contributed by atoms with Crippen LogP contribution in [-0.2, 0) is 11.3 Å². The minimum absolute atomic E-state index is 0.492. The molecule has 1 aromatic heterocycles. The maximum absolute atomic E-state index is 12.2. The molecule has 1 atom stereocenters. The first-order valence-corrected chi connectivity index (χ1v) is 8.09. The first-order valence-electron chi connectivity index (χ1n) is 7.21. The predicted molar refractivity (Wildman–Crippen MR) is 84.7 cm³/mol. The maximum atomic E-state index is 12.2. The van der Waals surface area contributed by atoms with Crippen LogP contribution in [0.5, 0.6) is 0 Å². The lowest BCUT2D eigenvalue weighted by Gasteiger charge is -2.14. The van der Waals surface area contributed by atoms with Gasteiger partial charge in [0.2, 0.25) is 5.91 Å². The highest BCUT2D eigenvalue weighted by Gasteiger charge is 2.29. The van der Waals surface area contributed by atoms with E-state index in [1.807, 2.05) is 40.2 Å². The number of carbonyl (C=O) groups is 1. The second-order valence-corrected chi connectivity index (χ2v) is 6.50. The van der Waals surface area contributed by atoms with E-state index < -0.39 is 23.9 Å². The fraction of sp³-hybridized carbons (Fsp3) is 0.400. The van der Waals surface area contributed by atoms with Crippen molar-refractivity contribution in [2.75, 3.05) is 6.54 Å². The molecule has 0 saturated heterocycles. The average Bonchev–Trinajstić information content (AvgIpc) is 2.86. The van der Waals surface area contributed by atoms with Gasteiger partial charge in [0.15, 0.2) is 5.16 Å². The predicted octanol–water partition coefficient (Wildman–Crippen LogP) is 2.79. The SMILES string of the molecule is Cc1nnc(SC(C)C(=O)NCC(F)(F)F)n1Cc1ccccc1. The summed E-state index contributed by atoms with van der Waals surface area (Å²) in [5.41, 5.74) is 1.04. The van der Waals surface area contributed by atoms with Crippen molar-refractivity contribution in [1.29, 1.82) is 0 Å². The number of carbonyl (C=O) groups excluding carboxylic acids is 1.